The van der Waals surface area contributed by atoms with E-state index in [2.05, 4.69) is 24.5 Å². The van der Waals surface area contributed by atoms with Crippen molar-refractivity contribution < 1.29 is 33.8 Å². The Hall–Kier alpha value is -5.16. The number of aliphatic carboxylic acids is 1. The molecule has 17 heteroatoms. The predicted octanol–water partition coefficient (Wildman–Crippen LogP) is 6.80. The Morgan fingerprint density at radius 2 is 1.19 bits per heavy atom. The van der Waals surface area contributed by atoms with E-state index in [1.54, 1.807) is 20.8 Å². The van der Waals surface area contributed by atoms with E-state index in [9.17, 15) is 19.2 Å². The highest BCUT2D eigenvalue weighted by Gasteiger charge is 2.38. The Kier molecular flexibility index (Phi) is 13.8. The number of likely N-dealkylation sites (tertiary alicyclic amines) is 2. The number of nitrogens with zero attached hydrogens (tertiary/aromatic N) is 6. The molecule has 53 heavy (non-hydrogen) atoms. The van der Waals surface area contributed by atoms with Crippen LogP contribution >= 0.6 is 23.1 Å². The lowest BCUT2D eigenvalue weighted by Crippen LogP contribution is -2.45. The Morgan fingerprint density at radius 1 is 0.736 bits per heavy atom. The van der Waals surface area contributed by atoms with Crippen molar-refractivity contribution in [3.8, 4) is 22.5 Å². The molecule has 6 rings (SSSR count). The van der Waals surface area contributed by atoms with E-state index in [1.165, 1.54) is 21.3 Å². The van der Waals surface area contributed by atoms with E-state index >= 15 is 0 Å². The molecule has 0 unspecified atom stereocenters. The summed E-state index contributed by atoms with van der Waals surface area (Å²) >= 11 is 2.34. The second-order valence-electron chi connectivity index (χ2n) is 14.2. The molecule has 2 saturated heterocycles. The molecule has 15 nitrogen and oxygen atoms in total. The van der Waals surface area contributed by atoms with E-state index < -0.39 is 41.4 Å². The van der Waals surface area contributed by atoms with Gasteiger partial charge in [-0.05, 0) is 67.2 Å². The van der Waals surface area contributed by atoms with E-state index in [0.29, 0.717) is 41.6 Å². The summed E-state index contributed by atoms with van der Waals surface area (Å²) in [5, 5.41) is 21.1. The molecule has 4 heterocycles. The minimum atomic E-state index is -0.960. The lowest BCUT2D eigenvalue weighted by atomic mass is 10.1. The molecule has 2 aromatic carbocycles. The number of hydrogen-bond acceptors (Lipinski definition) is 13. The summed E-state index contributed by atoms with van der Waals surface area (Å²) in [4.78, 5) is 50.4. The van der Waals surface area contributed by atoms with Crippen LogP contribution in [0.25, 0.3) is 22.5 Å². The highest BCUT2D eigenvalue weighted by atomic mass is 32.1. The van der Waals surface area contributed by atoms with Gasteiger partial charge in [-0.2, -0.15) is 0 Å². The van der Waals surface area contributed by atoms with Crippen molar-refractivity contribution in [1.29, 1.82) is 0 Å². The Balaban J connectivity index is 0.000000196. The fourth-order valence-corrected chi connectivity index (χ4v) is 6.44. The van der Waals surface area contributed by atoms with Crippen LogP contribution in [0.5, 0.6) is 0 Å². The summed E-state index contributed by atoms with van der Waals surface area (Å²) < 4.78 is 18.3. The van der Waals surface area contributed by atoms with Gasteiger partial charge in [-0.1, -0.05) is 69.6 Å². The summed E-state index contributed by atoms with van der Waals surface area (Å²) in [5.74, 6) is -1.20. The zero-order valence-corrected chi connectivity index (χ0v) is 32.3. The fourth-order valence-electron chi connectivity index (χ4n) is 5.39. The molecule has 3 amide bonds. The first kappa shape index (κ1) is 40.6. The maximum Gasteiger partial charge on any atom is 0.411 e. The number of nitrogen functional groups attached to an aromatic ring is 1. The quantitative estimate of drug-likeness (QED) is 0.192. The summed E-state index contributed by atoms with van der Waals surface area (Å²) in [5.41, 5.74) is 7.80. The number of carboxylic acids is 1. The van der Waals surface area contributed by atoms with Crippen LogP contribution in [0.4, 0.5) is 19.6 Å². The van der Waals surface area contributed by atoms with E-state index in [1.807, 2.05) is 81.4 Å². The van der Waals surface area contributed by atoms with Crippen LogP contribution in [0.1, 0.15) is 67.2 Å². The van der Waals surface area contributed by atoms with Gasteiger partial charge < -0.3 is 25.6 Å². The molecule has 0 aliphatic carbocycles. The monoisotopic (exact) mass is 766 g/mol. The van der Waals surface area contributed by atoms with Gasteiger partial charge in [0.05, 0.1) is 0 Å². The van der Waals surface area contributed by atoms with Crippen LogP contribution < -0.4 is 11.1 Å². The molecular weight excluding hydrogens is 721 g/mol. The van der Waals surface area contributed by atoms with Crippen LogP contribution in [0.15, 0.2) is 60.7 Å². The maximum absolute atomic E-state index is 12.8. The highest BCUT2D eigenvalue weighted by molar-refractivity contribution is 7.10. The van der Waals surface area contributed by atoms with Gasteiger partial charge in [0, 0.05) is 47.3 Å². The number of ether oxygens (including phenoxy) is 2. The molecule has 2 atom stereocenters. The first-order chi connectivity index (χ1) is 25.0. The number of hydrogen-bond donors (Lipinski definition) is 3. The van der Waals surface area contributed by atoms with Crippen LogP contribution in [-0.4, -0.2) is 94.5 Å². The minimum Gasteiger partial charge on any atom is -0.480 e. The Bertz CT molecular complexity index is 1820. The molecule has 2 aliphatic heterocycles. The number of aromatic nitrogens is 4. The zero-order chi connectivity index (χ0) is 38.8. The second kappa shape index (κ2) is 18.1. The van der Waals surface area contributed by atoms with E-state index in [-0.39, 0.29) is 5.91 Å². The predicted molar refractivity (Wildman–Crippen MR) is 203 cm³/mol. The Labute approximate surface area is 316 Å². The van der Waals surface area contributed by atoms with Gasteiger partial charge in [0.25, 0.3) is 0 Å². The summed E-state index contributed by atoms with van der Waals surface area (Å²) in [7, 11) is 0. The molecule has 0 bridgehead atoms. The molecular formula is C36H46N8O7S2. The van der Waals surface area contributed by atoms with Gasteiger partial charge in [0.1, 0.15) is 44.7 Å². The molecule has 2 aromatic heterocycles. The molecule has 0 spiro atoms. The number of nitrogens with two attached hydrogens (primary N) is 1. The van der Waals surface area contributed by atoms with E-state index in [0.717, 1.165) is 41.2 Å². The molecule has 4 N–H and O–H groups in total. The number of carbonyl (C=O) groups excluding carboxylic acids is 3. The van der Waals surface area contributed by atoms with Gasteiger partial charge in [0.15, 0.2) is 0 Å². The normalized spacial score (nSPS) is 16.8. The first-order valence-electron chi connectivity index (χ1n) is 17.1. The van der Waals surface area contributed by atoms with Gasteiger partial charge in [-0.15, -0.1) is 10.2 Å². The van der Waals surface area contributed by atoms with Crippen molar-refractivity contribution in [3.63, 3.8) is 0 Å². The average Bonchev–Trinajstić information content (AvgIpc) is 3.92. The van der Waals surface area contributed by atoms with Crippen molar-refractivity contribution in [1.82, 2.24) is 29.0 Å². The van der Waals surface area contributed by atoms with Gasteiger partial charge in [-0.3, -0.25) is 14.6 Å². The minimum absolute atomic E-state index is 0.239. The first-order valence-corrected chi connectivity index (χ1v) is 18.6. The lowest BCUT2D eigenvalue weighted by molar-refractivity contribution is -0.142. The zero-order valence-electron chi connectivity index (χ0n) is 30.6. The lowest BCUT2D eigenvalue weighted by Gasteiger charge is -2.27. The SMILES string of the molecule is CC(C)(C)OC(=O)N1CCC[C@H]1C(=O)Nc1snnc1-c1ccccc1.CC(C)(C)OC(=O)N1CCC[C@H]1C(=O)O.Nc1snnc1-c1ccccc1. The smallest absolute Gasteiger partial charge is 0.411 e. The number of amides is 3. The maximum atomic E-state index is 12.8. The van der Waals surface area contributed by atoms with Gasteiger partial charge in [-0.25, -0.2) is 14.4 Å². The molecule has 2 aliphatic rings. The van der Waals surface area contributed by atoms with Crippen LogP contribution in [0.2, 0.25) is 0 Å². The third-order valence-corrected chi connectivity index (χ3v) is 8.88. The third-order valence-electron chi connectivity index (χ3n) is 7.68. The largest absolute Gasteiger partial charge is 0.480 e. The summed E-state index contributed by atoms with van der Waals surface area (Å²) in [6.45, 7) is 11.7. The number of benzene rings is 2. The molecule has 284 valence electrons. The van der Waals surface area contributed by atoms with Crippen molar-refractivity contribution in [3.05, 3.63) is 60.7 Å². The molecule has 0 radical (unpaired) electrons. The van der Waals surface area contributed by atoms with E-state index in [4.69, 9.17) is 20.3 Å². The van der Waals surface area contributed by atoms with Crippen LogP contribution in [0.3, 0.4) is 0 Å². The summed E-state index contributed by atoms with van der Waals surface area (Å²) in [6, 6.07) is 18.1. The molecule has 0 saturated carbocycles. The number of anilines is 2. The van der Waals surface area contributed by atoms with Crippen LogP contribution in [0, 0.1) is 0 Å². The average molecular weight is 767 g/mol. The number of rotatable bonds is 5. The topological polar surface area (TPSA) is 203 Å². The van der Waals surface area contributed by atoms with Crippen LogP contribution in [-0.2, 0) is 19.1 Å². The molecule has 4 aromatic rings. The van der Waals surface area contributed by atoms with Crippen molar-refractivity contribution in [2.24, 2.45) is 0 Å². The number of carbonyl (C=O) groups is 4. The highest BCUT2D eigenvalue weighted by Crippen LogP contribution is 2.30. The third kappa shape index (κ3) is 11.9. The van der Waals surface area contributed by atoms with Crippen molar-refractivity contribution >= 4 is 57.1 Å². The number of carboxylic acid groups (broad SMARTS) is 1. The molecule has 2 fully saturated rings. The standard InChI is InChI=1S/C18H22N4O3S.C10H17NO4.C8H7N3S/c1-18(2,3)25-17(24)22-11-7-10-13(22)15(23)19-16-14(20-21-26-16)12-8-5-4-6-9-12;1-10(2,3)15-9(14)11-6-4-5-7(11)8(12)13;9-8-7(10-11-12-8)6-4-2-1-3-5-6/h4-6,8-9,13H,7,10-11H2,1-3H3,(H,19,23);7H,4-6H2,1-3H3,(H,12,13);1-5H,9H2/t13-;7-;/m00./s1. The summed E-state index contributed by atoms with van der Waals surface area (Å²) in [6.07, 6.45) is 1.61. The van der Waals surface area contributed by atoms with Crippen molar-refractivity contribution in [2.45, 2.75) is 90.5 Å². The van der Waals surface area contributed by atoms with Gasteiger partial charge >= 0.3 is 18.2 Å². The second-order valence-corrected chi connectivity index (χ2v) is 15.7. The fraction of sp³-hybridized carbons (Fsp3) is 0.444. The van der Waals surface area contributed by atoms with Crippen molar-refractivity contribution in [2.75, 3.05) is 24.1 Å². The number of nitrogens with one attached hydrogen (secondary N) is 1. The Morgan fingerprint density at radius 3 is 1.66 bits per heavy atom. The van der Waals surface area contributed by atoms with Gasteiger partial charge in [0.2, 0.25) is 5.91 Å².